The molecule has 2 aliphatic rings. The number of anilines is 1. The third-order valence-electron chi connectivity index (χ3n) is 6.55. The van der Waals surface area contributed by atoms with Crippen LogP contribution in [0.5, 0.6) is 0 Å². The van der Waals surface area contributed by atoms with Crippen molar-refractivity contribution in [3.8, 4) is 11.3 Å². The van der Waals surface area contributed by atoms with Crippen molar-refractivity contribution < 1.29 is 4.79 Å². The van der Waals surface area contributed by atoms with Crippen LogP contribution in [0.25, 0.3) is 11.3 Å². The topological polar surface area (TPSA) is 77.5 Å². The molecule has 1 aromatic heterocycles. The maximum absolute atomic E-state index is 12.6. The first-order chi connectivity index (χ1) is 15.5. The van der Waals surface area contributed by atoms with Crippen LogP contribution in [0, 0.1) is 5.92 Å². The predicted molar refractivity (Wildman–Crippen MR) is 126 cm³/mol. The normalized spacial score (nSPS) is 22.2. The largest absolute Gasteiger partial charge is 0.337 e. The van der Waals surface area contributed by atoms with Crippen LogP contribution in [-0.4, -0.2) is 77.3 Å². The molecule has 9 heteroatoms. The first-order valence-electron chi connectivity index (χ1n) is 11.4. The van der Waals surface area contributed by atoms with E-state index in [0.717, 1.165) is 50.3 Å². The number of aromatic nitrogens is 3. The molecule has 1 aliphatic heterocycles. The summed E-state index contributed by atoms with van der Waals surface area (Å²) >= 11 is 5.98. The van der Waals surface area contributed by atoms with Crippen LogP contribution in [0.1, 0.15) is 32.1 Å². The Morgan fingerprint density at radius 3 is 2.44 bits per heavy atom. The summed E-state index contributed by atoms with van der Waals surface area (Å²) in [4.78, 5) is 21.6. The van der Waals surface area contributed by atoms with Crippen molar-refractivity contribution in [1.29, 1.82) is 0 Å². The molecule has 8 nitrogen and oxygen atoms in total. The summed E-state index contributed by atoms with van der Waals surface area (Å²) in [6.07, 6.45) is 6.93. The minimum absolute atomic E-state index is 0.134. The Bertz CT molecular complexity index is 891. The fraction of sp³-hybridized carbons (Fsp3) is 0.565. The van der Waals surface area contributed by atoms with E-state index >= 15 is 0 Å². The third-order valence-corrected chi connectivity index (χ3v) is 6.81. The lowest BCUT2D eigenvalue weighted by Gasteiger charge is -2.35. The Balaban J connectivity index is 1.24. The van der Waals surface area contributed by atoms with E-state index in [1.54, 1.807) is 6.20 Å². The van der Waals surface area contributed by atoms with E-state index in [1.165, 1.54) is 12.8 Å². The number of hydrogen-bond donors (Lipinski definition) is 1. The number of nitrogens with one attached hydrogen (secondary N) is 1. The van der Waals surface area contributed by atoms with Gasteiger partial charge in [-0.25, -0.2) is 9.99 Å². The fourth-order valence-electron chi connectivity index (χ4n) is 4.56. The molecule has 1 saturated carbocycles. The van der Waals surface area contributed by atoms with Gasteiger partial charge in [-0.1, -0.05) is 23.7 Å². The van der Waals surface area contributed by atoms with E-state index in [1.807, 2.05) is 29.3 Å². The van der Waals surface area contributed by atoms with E-state index in [-0.39, 0.29) is 5.91 Å². The summed E-state index contributed by atoms with van der Waals surface area (Å²) in [6, 6.07) is 8.20. The molecule has 32 heavy (non-hydrogen) atoms. The highest BCUT2D eigenvalue weighted by Gasteiger charge is 2.26. The van der Waals surface area contributed by atoms with Crippen molar-refractivity contribution in [1.82, 2.24) is 30.5 Å². The van der Waals surface area contributed by atoms with Crippen LogP contribution in [0.4, 0.5) is 5.95 Å². The number of carbonyl (C=O) groups excluding carboxylic acids is 1. The molecule has 0 bridgehead atoms. The van der Waals surface area contributed by atoms with Gasteiger partial charge in [-0.3, -0.25) is 10.2 Å². The lowest BCUT2D eigenvalue weighted by Crippen LogP contribution is -2.54. The summed E-state index contributed by atoms with van der Waals surface area (Å²) < 4.78 is 0. The van der Waals surface area contributed by atoms with Crippen LogP contribution in [0.3, 0.4) is 0 Å². The summed E-state index contributed by atoms with van der Waals surface area (Å²) in [7, 11) is 4.29. The zero-order valence-electron chi connectivity index (χ0n) is 18.9. The molecule has 2 fully saturated rings. The second-order valence-corrected chi connectivity index (χ2v) is 9.44. The van der Waals surface area contributed by atoms with Gasteiger partial charge in [-0.15, -0.1) is 5.10 Å². The Labute approximate surface area is 194 Å². The zero-order valence-corrected chi connectivity index (χ0v) is 19.6. The van der Waals surface area contributed by atoms with Crippen LogP contribution in [-0.2, 0) is 4.79 Å². The van der Waals surface area contributed by atoms with E-state index in [2.05, 4.69) is 44.5 Å². The molecular formula is C23H32ClN7O. The van der Waals surface area contributed by atoms with Crippen molar-refractivity contribution in [2.45, 2.75) is 38.1 Å². The van der Waals surface area contributed by atoms with Crippen molar-refractivity contribution in [3.63, 3.8) is 0 Å². The Hall–Kier alpha value is -2.29. The van der Waals surface area contributed by atoms with Crippen molar-refractivity contribution in [2.24, 2.45) is 5.92 Å². The first-order valence-corrected chi connectivity index (χ1v) is 11.8. The molecule has 1 saturated heterocycles. The number of hydrazine groups is 1. The Morgan fingerprint density at radius 2 is 1.78 bits per heavy atom. The number of rotatable bonds is 6. The lowest BCUT2D eigenvalue weighted by molar-refractivity contribution is -0.127. The van der Waals surface area contributed by atoms with Gasteiger partial charge in [0, 0.05) is 49.2 Å². The molecule has 0 spiro atoms. The monoisotopic (exact) mass is 457 g/mol. The van der Waals surface area contributed by atoms with Gasteiger partial charge in [-0.2, -0.15) is 5.10 Å². The summed E-state index contributed by atoms with van der Waals surface area (Å²) in [5.41, 5.74) is 4.83. The molecule has 172 valence electrons. The third kappa shape index (κ3) is 5.94. The van der Waals surface area contributed by atoms with Gasteiger partial charge in [0.15, 0.2) is 0 Å². The van der Waals surface area contributed by atoms with Crippen LogP contribution >= 0.6 is 11.6 Å². The first kappa shape index (κ1) is 22.9. The van der Waals surface area contributed by atoms with Gasteiger partial charge >= 0.3 is 0 Å². The standard InChI is InChI=1S/C23H32ClN7O/c1-29(2)20-9-3-17(4-10-20)15-22(32)28-31-13-11-30(12-14-31)23-26-21(16-25-27-23)18-5-7-19(24)8-6-18/h5-8,16-17,20H,3-4,9-15H2,1-2H3,(H,28,32). The molecule has 2 heterocycles. The molecule has 0 radical (unpaired) electrons. The van der Waals surface area contributed by atoms with E-state index in [9.17, 15) is 4.79 Å². The lowest BCUT2D eigenvalue weighted by atomic mass is 9.83. The van der Waals surface area contributed by atoms with Gasteiger partial charge in [0.1, 0.15) is 0 Å². The van der Waals surface area contributed by atoms with Crippen LogP contribution in [0.15, 0.2) is 30.5 Å². The van der Waals surface area contributed by atoms with Gasteiger partial charge in [0.2, 0.25) is 11.9 Å². The molecule has 4 rings (SSSR count). The highest BCUT2D eigenvalue weighted by Crippen LogP contribution is 2.28. The number of amides is 1. The molecule has 1 aliphatic carbocycles. The number of benzene rings is 1. The molecular weight excluding hydrogens is 426 g/mol. The fourth-order valence-corrected chi connectivity index (χ4v) is 4.68. The van der Waals surface area contributed by atoms with Gasteiger partial charge in [-0.05, 0) is 57.8 Å². The molecule has 2 aromatic rings. The number of halogens is 1. The Morgan fingerprint density at radius 1 is 1.09 bits per heavy atom. The highest BCUT2D eigenvalue weighted by molar-refractivity contribution is 6.30. The smallest absolute Gasteiger partial charge is 0.245 e. The molecule has 0 atom stereocenters. The van der Waals surface area contributed by atoms with Gasteiger partial charge in [0.05, 0.1) is 11.9 Å². The van der Waals surface area contributed by atoms with Gasteiger partial charge in [0.25, 0.3) is 0 Å². The van der Waals surface area contributed by atoms with Crippen molar-refractivity contribution in [3.05, 3.63) is 35.5 Å². The Kier molecular flexibility index (Phi) is 7.55. The quantitative estimate of drug-likeness (QED) is 0.714. The number of nitrogens with zero attached hydrogens (tertiary/aromatic N) is 6. The summed E-state index contributed by atoms with van der Waals surface area (Å²) in [5, 5.41) is 11.1. The van der Waals surface area contributed by atoms with Crippen molar-refractivity contribution >= 4 is 23.5 Å². The van der Waals surface area contributed by atoms with E-state index < -0.39 is 0 Å². The maximum atomic E-state index is 12.6. The van der Waals surface area contributed by atoms with Crippen LogP contribution < -0.4 is 10.3 Å². The number of piperazine rings is 1. The molecule has 1 N–H and O–H groups in total. The predicted octanol–water partition coefficient (Wildman–Crippen LogP) is 2.86. The average molecular weight is 458 g/mol. The average Bonchev–Trinajstić information content (AvgIpc) is 2.80. The maximum Gasteiger partial charge on any atom is 0.245 e. The molecule has 1 aromatic carbocycles. The second kappa shape index (κ2) is 10.6. The highest BCUT2D eigenvalue weighted by atomic mass is 35.5. The summed E-state index contributed by atoms with van der Waals surface area (Å²) in [5.74, 6) is 1.25. The zero-order chi connectivity index (χ0) is 22.5. The second-order valence-electron chi connectivity index (χ2n) is 9.00. The minimum Gasteiger partial charge on any atom is -0.337 e. The molecule has 1 amide bonds. The number of carbonyl (C=O) groups is 1. The summed E-state index contributed by atoms with van der Waals surface area (Å²) in [6.45, 7) is 2.93. The minimum atomic E-state index is 0.134. The van der Waals surface area contributed by atoms with Crippen molar-refractivity contribution in [2.75, 3.05) is 45.2 Å². The van der Waals surface area contributed by atoms with E-state index in [4.69, 9.17) is 11.6 Å². The van der Waals surface area contributed by atoms with E-state index in [0.29, 0.717) is 29.4 Å². The van der Waals surface area contributed by atoms with Gasteiger partial charge < -0.3 is 9.80 Å². The SMILES string of the molecule is CN(C)C1CCC(CC(=O)NN2CCN(c3nncc(-c4ccc(Cl)cc4)n3)CC2)CC1. The molecule has 0 unspecified atom stereocenters. The number of hydrogen-bond acceptors (Lipinski definition) is 7. The van der Waals surface area contributed by atoms with Crippen LogP contribution in [0.2, 0.25) is 5.02 Å².